The molecular formula is C17H25N3O2. The summed E-state index contributed by atoms with van der Waals surface area (Å²) >= 11 is 0. The highest BCUT2D eigenvalue weighted by molar-refractivity contribution is 5.68. The second kappa shape index (κ2) is 5.88. The predicted molar refractivity (Wildman–Crippen MR) is 84.7 cm³/mol. The fraction of sp³-hybridized carbons (Fsp3) is 0.647. The molecule has 5 nitrogen and oxygen atoms in total. The molecule has 1 fully saturated rings. The summed E-state index contributed by atoms with van der Waals surface area (Å²) in [6, 6.07) is 4.61. The molecule has 1 atom stereocenters. The molecule has 0 radical (unpaired) electrons. The largest absolute Gasteiger partial charge is 0.444 e. The van der Waals surface area contributed by atoms with Crippen LogP contribution in [0.1, 0.15) is 44.5 Å². The van der Waals surface area contributed by atoms with E-state index in [0.29, 0.717) is 6.04 Å². The van der Waals surface area contributed by atoms with Gasteiger partial charge in [0.05, 0.1) is 11.7 Å². The molecule has 0 aromatic carbocycles. The standard InChI is InChI=1S/C17H25N3O2/c1-17(2,3)22-16(21)20-11-9-19(10-12-20)14-7-6-13-5-4-8-18-15(13)14/h4-5,8,14H,6-7,9-12H2,1-3H3/t14-/m0/s1. The Hall–Kier alpha value is -1.62. The van der Waals surface area contributed by atoms with Gasteiger partial charge in [0.2, 0.25) is 0 Å². The lowest BCUT2D eigenvalue weighted by molar-refractivity contribution is 0.0101. The number of piperazine rings is 1. The Balaban J connectivity index is 1.58. The Morgan fingerprint density at radius 2 is 2.00 bits per heavy atom. The van der Waals surface area contributed by atoms with Crippen LogP contribution in [0.4, 0.5) is 4.79 Å². The Morgan fingerprint density at radius 3 is 2.68 bits per heavy atom. The number of hydrogen-bond acceptors (Lipinski definition) is 4. The van der Waals surface area contributed by atoms with Gasteiger partial charge >= 0.3 is 6.09 Å². The van der Waals surface area contributed by atoms with Crippen molar-refractivity contribution >= 4 is 6.09 Å². The number of carbonyl (C=O) groups is 1. The van der Waals surface area contributed by atoms with Gasteiger partial charge in [-0.05, 0) is 45.2 Å². The summed E-state index contributed by atoms with van der Waals surface area (Å²) in [6.07, 6.45) is 3.93. The summed E-state index contributed by atoms with van der Waals surface area (Å²) in [5.41, 5.74) is 2.18. The minimum absolute atomic E-state index is 0.197. The number of nitrogens with zero attached hydrogens (tertiary/aromatic N) is 3. The van der Waals surface area contributed by atoms with E-state index in [4.69, 9.17) is 4.74 Å². The second-order valence-corrected chi connectivity index (χ2v) is 7.11. The van der Waals surface area contributed by atoms with E-state index < -0.39 is 5.60 Å². The third-order valence-electron chi connectivity index (χ3n) is 4.34. The molecule has 120 valence electrons. The van der Waals surface area contributed by atoms with Gasteiger partial charge in [0.25, 0.3) is 0 Å². The molecule has 1 amide bonds. The van der Waals surface area contributed by atoms with Gasteiger partial charge in [-0.1, -0.05) is 6.07 Å². The molecule has 1 aliphatic carbocycles. The number of hydrogen-bond donors (Lipinski definition) is 0. The summed E-state index contributed by atoms with van der Waals surface area (Å²) in [6.45, 7) is 8.95. The lowest BCUT2D eigenvalue weighted by Crippen LogP contribution is -2.50. The van der Waals surface area contributed by atoms with Crippen LogP contribution in [0.5, 0.6) is 0 Å². The molecule has 1 saturated heterocycles. The van der Waals surface area contributed by atoms with Crippen molar-refractivity contribution in [1.29, 1.82) is 0 Å². The van der Waals surface area contributed by atoms with E-state index in [1.165, 1.54) is 11.3 Å². The van der Waals surface area contributed by atoms with E-state index in [-0.39, 0.29) is 6.09 Å². The van der Waals surface area contributed by atoms with Crippen molar-refractivity contribution in [2.24, 2.45) is 0 Å². The maximum absolute atomic E-state index is 12.1. The lowest BCUT2D eigenvalue weighted by Gasteiger charge is -2.38. The highest BCUT2D eigenvalue weighted by Crippen LogP contribution is 2.34. The van der Waals surface area contributed by atoms with Crippen molar-refractivity contribution in [1.82, 2.24) is 14.8 Å². The molecule has 1 aliphatic heterocycles. The summed E-state index contributed by atoms with van der Waals surface area (Å²) in [7, 11) is 0. The fourth-order valence-electron chi connectivity index (χ4n) is 3.29. The van der Waals surface area contributed by atoms with Gasteiger partial charge < -0.3 is 9.64 Å². The zero-order valence-electron chi connectivity index (χ0n) is 13.7. The minimum Gasteiger partial charge on any atom is -0.444 e. The Bertz CT molecular complexity index is 545. The predicted octanol–water partition coefficient (Wildman–Crippen LogP) is 2.62. The van der Waals surface area contributed by atoms with E-state index in [0.717, 1.165) is 39.0 Å². The number of amides is 1. The average molecular weight is 303 g/mol. The summed E-state index contributed by atoms with van der Waals surface area (Å²) < 4.78 is 5.45. The zero-order valence-corrected chi connectivity index (χ0v) is 13.7. The van der Waals surface area contributed by atoms with Crippen molar-refractivity contribution in [3.05, 3.63) is 29.6 Å². The molecule has 0 spiro atoms. The molecule has 3 rings (SSSR count). The van der Waals surface area contributed by atoms with Crippen LogP contribution in [0, 0.1) is 0 Å². The van der Waals surface area contributed by atoms with Gasteiger partial charge in [-0.3, -0.25) is 9.88 Å². The van der Waals surface area contributed by atoms with Gasteiger partial charge in [-0.2, -0.15) is 0 Å². The minimum atomic E-state index is -0.428. The average Bonchev–Trinajstić information content (AvgIpc) is 2.89. The number of aromatic nitrogens is 1. The summed E-state index contributed by atoms with van der Waals surface area (Å²) in [5, 5.41) is 0. The Morgan fingerprint density at radius 1 is 1.27 bits per heavy atom. The van der Waals surface area contributed by atoms with Gasteiger partial charge in [-0.25, -0.2) is 4.79 Å². The normalized spacial score (nSPS) is 22.5. The maximum Gasteiger partial charge on any atom is 0.410 e. The van der Waals surface area contributed by atoms with E-state index in [2.05, 4.69) is 16.0 Å². The van der Waals surface area contributed by atoms with Crippen molar-refractivity contribution in [2.75, 3.05) is 26.2 Å². The highest BCUT2D eigenvalue weighted by Gasteiger charge is 2.33. The van der Waals surface area contributed by atoms with Crippen LogP contribution >= 0.6 is 0 Å². The summed E-state index contributed by atoms with van der Waals surface area (Å²) in [5.74, 6) is 0. The summed E-state index contributed by atoms with van der Waals surface area (Å²) in [4.78, 5) is 21.0. The van der Waals surface area contributed by atoms with Crippen LogP contribution in [0.25, 0.3) is 0 Å². The topological polar surface area (TPSA) is 45.7 Å². The van der Waals surface area contributed by atoms with Crippen LogP contribution in [0.15, 0.2) is 18.3 Å². The quantitative estimate of drug-likeness (QED) is 0.800. The third kappa shape index (κ3) is 3.24. The molecule has 5 heteroatoms. The van der Waals surface area contributed by atoms with E-state index in [1.54, 1.807) is 0 Å². The molecular weight excluding hydrogens is 278 g/mol. The fourth-order valence-corrected chi connectivity index (χ4v) is 3.29. The van der Waals surface area contributed by atoms with Crippen molar-refractivity contribution in [3.8, 4) is 0 Å². The maximum atomic E-state index is 12.1. The molecule has 0 N–H and O–H groups in total. The van der Waals surface area contributed by atoms with Crippen LogP contribution in [0.2, 0.25) is 0 Å². The number of aryl methyl sites for hydroxylation is 1. The SMILES string of the molecule is CC(C)(C)OC(=O)N1CCN([C@H]2CCc3cccnc32)CC1. The third-order valence-corrected chi connectivity index (χ3v) is 4.34. The van der Waals surface area contributed by atoms with Crippen LogP contribution in [-0.4, -0.2) is 52.7 Å². The van der Waals surface area contributed by atoms with E-state index in [1.807, 2.05) is 37.9 Å². The van der Waals surface area contributed by atoms with Crippen LogP contribution < -0.4 is 0 Å². The zero-order chi connectivity index (χ0) is 15.7. The van der Waals surface area contributed by atoms with Crippen molar-refractivity contribution in [3.63, 3.8) is 0 Å². The van der Waals surface area contributed by atoms with Gasteiger partial charge in [0.15, 0.2) is 0 Å². The number of ether oxygens (including phenoxy) is 1. The first-order valence-electron chi connectivity index (χ1n) is 8.10. The van der Waals surface area contributed by atoms with Crippen LogP contribution in [-0.2, 0) is 11.2 Å². The first-order chi connectivity index (χ1) is 10.4. The van der Waals surface area contributed by atoms with Gasteiger partial charge in [-0.15, -0.1) is 0 Å². The first-order valence-corrected chi connectivity index (χ1v) is 8.10. The Kier molecular flexibility index (Phi) is 4.08. The molecule has 0 saturated carbocycles. The number of pyridine rings is 1. The van der Waals surface area contributed by atoms with Crippen molar-refractivity contribution < 1.29 is 9.53 Å². The molecule has 1 aromatic rings. The van der Waals surface area contributed by atoms with E-state index in [9.17, 15) is 4.79 Å². The molecule has 0 bridgehead atoms. The van der Waals surface area contributed by atoms with Crippen LogP contribution in [0.3, 0.4) is 0 Å². The van der Waals surface area contributed by atoms with Gasteiger partial charge in [0, 0.05) is 32.4 Å². The highest BCUT2D eigenvalue weighted by atomic mass is 16.6. The van der Waals surface area contributed by atoms with Gasteiger partial charge in [0.1, 0.15) is 5.60 Å². The molecule has 2 aliphatic rings. The number of fused-ring (bicyclic) bond motifs is 1. The molecule has 1 aromatic heterocycles. The molecule has 0 unspecified atom stereocenters. The molecule has 22 heavy (non-hydrogen) atoms. The van der Waals surface area contributed by atoms with Crippen molar-refractivity contribution in [2.45, 2.75) is 45.3 Å². The number of carbonyl (C=O) groups excluding carboxylic acids is 1. The Labute approximate surface area is 132 Å². The first kappa shape index (κ1) is 15.3. The smallest absolute Gasteiger partial charge is 0.410 e. The molecule has 2 heterocycles. The number of rotatable bonds is 1. The second-order valence-electron chi connectivity index (χ2n) is 7.11. The van der Waals surface area contributed by atoms with E-state index >= 15 is 0 Å². The lowest BCUT2D eigenvalue weighted by atomic mass is 10.1. The monoisotopic (exact) mass is 303 g/mol.